The molecule has 25 heavy (non-hydrogen) atoms. The summed E-state index contributed by atoms with van der Waals surface area (Å²) in [6.45, 7) is 3.99. The molecule has 2 atom stereocenters. The molecule has 0 saturated carbocycles. The van der Waals surface area contributed by atoms with Crippen LogP contribution >= 0.6 is 0 Å². The van der Waals surface area contributed by atoms with Crippen molar-refractivity contribution in [2.45, 2.75) is 30.6 Å². The third-order valence-electron chi connectivity index (χ3n) is 4.61. The van der Waals surface area contributed by atoms with Gasteiger partial charge in [-0.3, -0.25) is 4.21 Å². The number of nitrogens with zero attached hydrogens (tertiary/aromatic N) is 2. The minimum Gasteiger partial charge on any atom is -0.464 e. The predicted octanol–water partition coefficient (Wildman–Crippen LogP) is 3.98. The first-order valence-corrected chi connectivity index (χ1v) is 9.47. The Morgan fingerprint density at radius 2 is 2.04 bits per heavy atom. The average Bonchev–Trinajstić information content (AvgIpc) is 3.31. The molecule has 3 aromatic rings. The Morgan fingerprint density at radius 3 is 2.72 bits per heavy atom. The smallest absolute Gasteiger partial charge is 0.226 e. The number of rotatable bonds is 4. The van der Waals surface area contributed by atoms with Crippen LogP contribution in [0.25, 0.3) is 17.2 Å². The second-order valence-electron chi connectivity index (χ2n) is 6.32. The molecule has 5 nitrogen and oxygen atoms in total. The molecule has 0 aliphatic heterocycles. The van der Waals surface area contributed by atoms with Crippen molar-refractivity contribution in [1.29, 1.82) is 0 Å². The van der Waals surface area contributed by atoms with Gasteiger partial charge in [-0.15, -0.1) is 10.2 Å². The summed E-state index contributed by atoms with van der Waals surface area (Å²) in [6.07, 6.45) is 7.86. The van der Waals surface area contributed by atoms with Crippen LogP contribution in [0.15, 0.2) is 56.7 Å². The minimum atomic E-state index is -0.942. The van der Waals surface area contributed by atoms with E-state index in [-0.39, 0.29) is 5.41 Å². The third kappa shape index (κ3) is 2.76. The number of benzene rings is 1. The second-order valence-corrected chi connectivity index (χ2v) is 8.06. The summed E-state index contributed by atoms with van der Waals surface area (Å²) < 4.78 is 23.1. The van der Waals surface area contributed by atoms with Gasteiger partial charge in [-0.25, -0.2) is 0 Å². The second kappa shape index (κ2) is 6.11. The Bertz CT molecular complexity index is 942. The van der Waals surface area contributed by atoms with Crippen LogP contribution < -0.4 is 0 Å². The normalized spacial score (nSPS) is 20.4. The molecule has 2 unspecified atom stereocenters. The quantitative estimate of drug-likeness (QED) is 0.709. The van der Waals surface area contributed by atoms with Gasteiger partial charge in [-0.2, -0.15) is 0 Å². The zero-order chi connectivity index (χ0) is 17.4. The summed E-state index contributed by atoms with van der Waals surface area (Å²) in [4.78, 5) is 0.846. The molecule has 0 bridgehead atoms. The first kappa shape index (κ1) is 16.0. The van der Waals surface area contributed by atoms with Gasteiger partial charge in [0, 0.05) is 21.8 Å². The van der Waals surface area contributed by atoms with Crippen molar-refractivity contribution in [1.82, 2.24) is 10.2 Å². The molecule has 0 saturated heterocycles. The molecule has 0 N–H and O–H groups in total. The molecule has 2 heterocycles. The van der Waals surface area contributed by atoms with Gasteiger partial charge in [-0.1, -0.05) is 25.1 Å². The molecular weight excluding hydrogens is 336 g/mol. The van der Waals surface area contributed by atoms with Gasteiger partial charge in [0.2, 0.25) is 12.3 Å². The van der Waals surface area contributed by atoms with Crippen LogP contribution in [0.4, 0.5) is 0 Å². The lowest BCUT2D eigenvalue weighted by Crippen LogP contribution is -2.25. The first-order chi connectivity index (χ1) is 12.1. The van der Waals surface area contributed by atoms with E-state index in [2.05, 4.69) is 17.1 Å². The van der Waals surface area contributed by atoms with Crippen LogP contribution in [-0.4, -0.2) is 20.2 Å². The van der Waals surface area contributed by atoms with Crippen molar-refractivity contribution >= 4 is 16.9 Å². The average molecular weight is 354 g/mol. The van der Waals surface area contributed by atoms with Crippen LogP contribution in [-0.2, 0) is 22.6 Å². The molecule has 0 radical (unpaired) electrons. The monoisotopic (exact) mass is 354 g/mol. The zero-order valence-electron chi connectivity index (χ0n) is 14.1. The van der Waals surface area contributed by atoms with Crippen LogP contribution in [0.3, 0.4) is 0 Å². The Labute approximate surface area is 148 Å². The first-order valence-electron chi connectivity index (χ1n) is 8.16. The van der Waals surface area contributed by atoms with E-state index < -0.39 is 10.8 Å². The molecule has 1 aromatic carbocycles. The Hall–Kier alpha value is -2.47. The molecule has 128 valence electrons. The standard InChI is InChI=1S/C19H18N2O3S/c1-3-25(22)14-6-4-13(5-7-14)16-11-23-17-8-9-19(2,10-15(16)17)18-21-20-12-24-18/h4-9,11-12H,3,10H2,1-2H3. The molecule has 0 amide bonds. The number of fused-ring (bicyclic) bond motifs is 1. The number of aromatic nitrogens is 2. The largest absolute Gasteiger partial charge is 0.464 e. The molecule has 2 aromatic heterocycles. The summed E-state index contributed by atoms with van der Waals surface area (Å²) >= 11 is 0. The molecule has 1 aliphatic carbocycles. The summed E-state index contributed by atoms with van der Waals surface area (Å²) in [6, 6.07) is 7.83. The van der Waals surface area contributed by atoms with Crippen molar-refractivity contribution in [3.63, 3.8) is 0 Å². The van der Waals surface area contributed by atoms with Crippen LogP contribution in [0, 0.1) is 0 Å². The fourth-order valence-electron chi connectivity index (χ4n) is 3.17. The predicted molar refractivity (Wildman–Crippen MR) is 95.5 cm³/mol. The van der Waals surface area contributed by atoms with E-state index in [1.807, 2.05) is 43.3 Å². The Kier molecular flexibility index (Phi) is 3.92. The Balaban J connectivity index is 1.70. The van der Waals surface area contributed by atoms with Gasteiger partial charge in [0.1, 0.15) is 5.76 Å². The van der Waals surface area contributed by atoms with Crippen LogP contribution in [0.2, 0.25) is 0 Å². The van der Waals surface area contributed by atoms with Crippen molar-refractivity contribution in [2.75, 3.05) is 5.75 Å². The summed E-state index contributed by atoms with van der Waals surface area (Å²) in [5, 5.41) is 7.88. The number of hydrogen-bond donors (Lipinski definition) is 0. The topological polar surface area (TPSA) is 69.1 Å². The third-order valence-corrected chi connectivity index (χ3v) is 5.93. The van der Waals surface area contributed by atoms with Crippen molar-refractivity contribution in [2.24, 2.45) is 0 Å². The van der Waals surface area contributed by atoms with Crippen molar-refractivity contribution in [3.8, 4) is 11.1 Å². The fourth-order valence-corrected chi connectivity index (χ4v) is 3.94. The molecule has 4 rings (SSSR count). The molecule has 0 fully saturated rings. The zero-order valence-corrected chi connectivity index (χ0v) is 14.9. The van der Waals surface area contributed by atoms with Crippen molar-refractivity contribution < 1.29 is 13.0 Å². The highest BCUT2D eigenvalue weighted by molar-refractivity contribution is 7.85. The van der Waals surface area contributed by atoms with E-state index in [1.54, 1.807) is 6.26 Å². The van der Waals surface area contributed by atoms with Crippen LogP contribution in [0.5, 0.6) is 0 Å². The van der Waals surface area contributed by atoms with Crippen LogP contribution in [0.1, 0.15) is 31.1 Å². The summed E-state index contributed by atoms with van der Waals surface area (Å²) in [5.74, 6) is 2.07. The highest BCUT2D eigenvalue weighted by Gasteiger charge is 2.35. The highest BCUT2D eigenvalue weighted by atomic mass is 32.2. The molecule has 1 aliphatic rings. The van der Waals surface area contributed by atoms with Gasteiger partial charge >= 0.3 is 0 Å². The number of furan rings is 1. The SMILES string of the molecule is CCS(=O)c1ccc(-c2coc3c2CC(C)(c2nnco2)C=C3)cc1. The number of allylic oxidation sites excluding steroid dienone is 1. The fraction of sp³-hybridized carbons (Fsp3) is 0.263. The number of hydrogen-bond acceptors (Lipinski definition) is 5. The van der Waals surface area contributed by atoms with E-state index in [4.69, 9.17) is 8.83 Å². The van der Waals surface area contributed by atoms with E-state index in [0.29, 0.717) is 11.6 Å². The highest BCUT2D eigenvalue weighted by Crippen LogP contribution is 2.40. The van der Waals surface area contributed by atoms with Gasteiger partial charge in [0.05, 0.1) is 22.5 Å². The van der Waals surface area contributed by atoms with E-state index in [0.717, 1.165) is 33.8 Å². The van der Waals surface area contributed by atoms with E-state index in [9.17, 15) is 4.21 Å². The minimum absolute atomic E-state index is 0.355. The van der Waals surface area contributed by atoms with Gasteiger partial charge < -0.3 is 8.83 Å². The van der Waals surface area contributed by atoms with E-state index >= 15 is 0 Å². The van der Waals surface area contributed by atoms with Gasteiger partial charge in [-0.05, 0) is 37.1 Å². The van der Waals surface area contributed by atoms with Crippen molar-refractivity contribution in [3.05, 3.63) is 60.2 Å². The summed E-state index contributed by atoms with van der Waals surface area (Å²) in [7, 11) is -0.942. The maximum Gasteiger partial charge on any atom is 0.226 e. The molecule has 6 heteroatoms. The van der Waals surface area contributed by atoms with Gasteiger partial charge in [0.15, 0.2) is 0 Å². The lowest BCUT2D eigenvalue weighted by Gasteiger charge is -2.25. The maximum absolute atomic E-state index is 11.9. The molecule has 0 spiro atoms. The molecular formula is C19H18N2O3S. The van der Waals surface area contributed by atoms with E-state index in [1.165, 1.54) is 6.39 Å². The van der Waals surface area contributed by atoms with Gasteiger partial charge in [0.25, 0.3) is 0 Å². The lowest BCUT2D eigenvalue weighted by molar-refractivity contribution is 0.394. The lowest BCUT2D eigenvalue weighted by atomic mass is 9.78. The maximum atomic E-state index is 11.9. The summed E-state index contributed by atoms with van der Waals surface area (Å²) in [5.41, 5.74) is 2.85. The Morgan fingerprint density at radius 1 is 1.24 bits per heavy atom.